The first-order valence-electron chi connectivity index (χ1n) is 6.62. The lowest BCUT2D eigenvalue weighted by Gasteiger charge is -2.21. The largest absolute Gasteiger partial charge is 0.482 e. The summed E-state index contributed by atoms with van der Waals surface area (Å²) < 4.78 is 10.1. The molecule has 4 N–H and O–H groups in total. The average molecular weight is 293 g/mol. The van der Waals surface area contributed by atoms with Crippen LogP contribution >= 0.6 is 0 Å². The molecule has 1 aromatic rings. The summed E-state index contributed by atoms with van der Waals surface area (Å²) >= 11 is 0. The Morgan fingerprint density at radius 2 is 2.33 bits per heavy atom. The van der Waals surface area contributed by atoms with Crippen LogP contribution in [-0.4, -0.2) is 38.2 Å². The lowest BCUT2D eigenvalue weighted by atomic mass is 10.1. The molecule has 21 heavy (non-hydrogen) atoms. The van der Waals surface area contributed by atoms with E-state index in [2.05, 4.69) is 10.6 Å². The summed E-state index contributed by atoms with van der Waals surface area (Å²) in [5, 5.41) is 5.53. The molecule has 114 valence electrons. The SMILES string of the molecule is COCC(N)C(=O)NC(C)c1ccc2c(c1)NC(=O)CO2. The third-order valence-corrected chi connectivity index (χ3v) is 3.18. The van der Waals surface area contributed by atoms with Gasteiger partial charge >= 0.3 is 0 Å². The fraction of sp³-hybridized carbons (Fsp3) is 0.429. The number of benzene rings is 1. The third-order valence-electron chi connectivity index (χ3n) is 3.18. The molecule has 2 amide bonds. The Kier molecular flexibility index (Phi) is 4.77. The molecule has 0 saturated heterocycles. The Balaban J connectivity index is 2.06. The van der Waals surface area contributed by atoms with Crippen LogP contribution in [0.5, 0.6) is 5.75 Å². The molecule has 7 heteroatoms. The Morgan fingerprint density at radius 3 is 3.05 bits per heavy atom. The topological polar surface area (TPSA) is 103 Å². The molecule has 2 atom stereocenters. The zero-order valence-electron chi connectivity index (χ0n) is 12.0. The first-order valence-corrected chi connectivity index (χ1v) is 6.62. The minimum absolute atomic E-state index is 0.0184. The second-order valence-corrected chi connectivity index (χ2v) is 4.88. The second kappa shape index (κ2) is 6.55. The summed E-state index contributed by atoms with van der Waals surface area (Å²) in [6.45, 7) is 2.02. The molecule has 1 aliphatic heterocycles. The van der Waals surface area contributed by atoms with Gasteiger partial charge in [-0.2, -0.15) is 0 Å². The van der Waals surface area contributed by atoms with Gasteiger partial charge in [0.05, 0.1) is 18.3 Å². The molecule has 1 heterocycles. The van der Waals surface area contributed by atoms with E-state index in [1.807, 2.05) is 13.0 Å². The fourth-order valence-corrected chi connectivity index (χ4v) is 2.03. The standard InChI is InChI=1S/C14H19N3O4/c1-8(16-14(19)10(15)6-20-2)9-3-4-12-11(5-9)17-13(18)7-21-12/h3-5,8,10H,6-7,15H2,1-2H3,(H,16,19)(H,17,18). The molecule has 0 bridgehead atoms. The van der Waals surface area contributed by atoms with Crippen LogP contribution in [0.15, 0.2) is 18.2 Å². The van der Waals surface area contributed by atoms with Crippen molar-refractivity contribution < 1.29 is 19.1 Å². The second-order valence-electron chi connectivity index (χ2n) is 4.88. The minimum Gasteiger partial charge on any atom is -0.482 e. The minimum atomic E-state index is -0.710. The van der Waals surface area contributed by atoms with Gasteiger partial charge in [-0.1, -0.05) is 6.07 Å². The Labute approximate surface area is 122 Å². The summed E-state index contributed by atoms with van der Waals surface area (Å²) in [4.78, 5) is 23.2. The van der Waals surface area contributed by atoms with E-state index in [-0.39, 0.29) is 31.1 Å². The fourth-order valence-electron chi connectivity index (χ4n) is 2.03. The van der Waals surface area contributed by atoms with Gasteiger partial charge in [0, 0.05) is 7.11 Å². The lowest BCUT2D eigenvalue weighted by molar-refractivity contribution is -0.124. The number of rotatable bonds is 5. The monoisotopic (exact) mass is 293 g/mol. The Bertz CT molecular complexity index is 547. The van der Waals surface area contributed by atoms with Gasteiger partial charge in [0.25, 0.3) is 5.91 Å². The van der Waals surface area contributed by atoms with Gasteiger partial charge in [0.15, 0.2) is 6.61 Å². The lowest BCUT2D eigenvalue weighted by Crippen LogP contribution is -2.44. The molecule has 0 radical (unpaired) electrons. The average Bonchev–Trinajstić information content (AvgIpc) is 2.46. The summed E-state index contributed by atoms with van der Waals surface area (Å²) in [5.41, 5.74) is 7.12. The Hall–Kier alpha value is -2.12. The number of hydrogen-bond donors (Lipinski definition) is 3. The molecular formula is C14H19N3O4. The predicted octanol–water partition coefficient (Wildman–Crippen LogP) is 0.168. The number of anilines is 1. The van der Waals surface area contributed by atoms with Crippen LogP contribution in [0.3, 0.4) is 0 Å². The molecule has 1 aromatic carbocycles. The van der Waals surface area contributed by atoms with Gasteiger partial charge in [-0.3, -0.25) is 9.59 Å². The first-order chi connectivity index (χ1) is 10.0. The molecule has 0 spiro atoms. The summed E-state index contributed by atoms with van der Waals surface area (Å²) in [6, 6.07) is 4.42. The maximum absolute atomic E-state index is 11.8. The molecule has 1 aliphatic rings. The van der Waals surface area contributed by atoms with Gasteiger partial charge in [0.2, 0.25) is 5.91 Å². The van der Waals surface area contributed by atoms with Crippen molar-refractivity contribution >= 4 is 17.5 Å². The number of nitrogens with one attached hydrogen (secondary N) is 2. The zero-order valence-corrected chi connectivity index (χ0v) is 12.0. The molecule has 0 aromatic heterocycles. The number of amides is 2. The van der Waals surface area contributed by atoms with Crippen molar-refractivity contribution in [3.05, 3.63) is 23.8 Å². The normalized spacial score (nSPS) is 16.2. The molecule has 7 nitrogen and oxygen atoms in total. The molecule has 0 saturated carbocycles. The molecule has 2 rings (SSSR count). The van der Waals surface area contributed by atoms with Crippen molar-refractivity contribution in [2.24, 2.45) is 5.73 Å². The quantitative estimate of drug-likeness (QED) is 0.718. The van der Waals surface area contributed by atoms with Gasteiger partial charge in [-0.25, -0.2) is 0 Å². The van der Waals surface area contributed by atoms with Crippen molar-refractivity contribution in [1.82, 2.24) is 5.32 Å². The third kappa shape index (κ3) is 3.71. The van der Waals surface area contributed by atoms with E-state index in [9.17, 15) is 9.59 Å². The maximum atomic E-state index is 11.8. The van der Waals surface area contributed by atoms with E-state index in [1.54, 1.807) is 12.1 Å². The van der Waals surface area contributed by atoms with Crippen LogP contribution in [0.4, 0.5) is 5.69 Å². The van der Waals surface area contributed by atoms with E-state index in [0.29, 0.717) is 11.4 Å². The highest BCUT2D eigenvalue weighted by Gasteiger charge is 2.20. The summed E-state index contributed by atoms with van der Waals surface area (Å²) in [7, 11) is 1.49. The zero-order chi connectivity index (χ0) is 15.4. The number of carbonyl (C=O) groups is 2. The van der Waals surface area contributed by atoms with Crippen LogP contribution in [0.1, 0.15) is 18.5 Å². The van der Waals surface area contributed by atoms with E-state index >= 15 is 0 Å². The van der Waals surface area contributed by atoms with Crippen LogP contribution in [0, 0.1) is 0 Å². The van der Waals surface area contributed by atoms with Gasteiger partial charge in [-0.15, -0.1) is 0 Å². The summed E-state index contributed by atoms with van der Waals surface area (Å²) in [5.74, 6) is 0.133. The highest BCUT2D eigenvalue weighted by atomic mass is 16.5. The van der Waals surface area contributed by atoms with Gasteiger partial charge in [-0.05, 0) is 24.6 Å². The van der Waals surface area contributed by atoms with Crippen molar-refractivity contribution in [3.63, 3.8) is 0 Å². The van der Waals surface area contributed by atoms with Crippen molar-refractivity contribution in [3.8, 4) is 5.75 Å². The van der Waals surface area contributed by atoms with E-state index < -0.39 is 6.04 Å². The molecule has 2 unspecified atom stereocenters. The Morgan fingerprint density at radius 1 is 1.57 bits per heavy atom. The maximum Gasteiger partial charge on any atom is 0.262 e. The van der Waals surface area contributed by atoms with Gasteiger partial charge in [0.1, 0.15) is 11.8 Å². The number of methoxy groups -OCH3 is 1. The van der Waals surface area contributed by atoms with Gasteiger partial charge < -0.3 is 25.8 Å². The number of carbonyl (C=O) groups excluding carboxylic acids is 2. The molecule has 0 fully saturated rings. The molecular weight excluding hydrogens is 274 g/mol. The smallest absolute Gasteiger partial charge is 0.262 e. The van der Waals surface area contributed by atoms with Crippen molar-refractivity contribution in [1.29, 1.82) is 0 Å². The van der Waals surface area contributed by atoms with E-state index in [0.717, 1.165) is 5.56 Å². The number of fused-ring (bicyclic) bond motifs is 1. The number of ether oxygens (including phenoxy) is 2. The van der Waals surface area contributed by atoms with Crippen LogP contribution in [0.25, 0.3) is 0 Å². The highest BCUT2D eigenvalue weighted by Crippen LogP contribution is 2.30. The van der Waals surface area contributed by atoms with Crippen LogP contribution in [0.2, 0.25) is 0 Å². The van der Waals surface area contributed by atoms with Crippen molar-refractivity contribution in [2.75, 3.05) is 25.6 Å². The highest BCUT2D eigenvalue weighted by molar-refractivity contribution is 5.95. The predicted molar refractivity (Wildman–Crippen MR) is 77.0 cm³/mol. The van der Waals surface area contributed by atoms with E-state index in [1.165, 1.54) is 7.11 Å². The summed E-state index contributed by atoms with van der Waals surface area (Å²) in [6.07, 6.45) is 0. The van der Waals surface area contributed by atoms with Crippen molar-refractivity contribution in [2.45, 2.75) is 19.0 Å². The van der Waals surface area contributed by atoms with Crippen LogP contribution < -0.4 is 21.1 Å². The number of hydrogen-bond acceptors (Lipinski definition) is 5. The number of nitrogens with two attached hydrogens (primary N) is 1. The van der Waals surface area contributed by atoms with Crippen LogP contribution in [-0.2, 0) is 14.3 Å². The molecule has 0 aliphatic carbocycles. The first kappa shape index (κ1) is 15.3. The van der Waals surface area contributed by atoms with E-state index in [4.69, 9.17) is 15.2 Å².